The van der Waals surface area contributed by atoms with E-state index >= 15 is 0 Å². The summed E-state index contributed by atoms with van der Waals surface area (Å²) in [4.78, 5) is 0. The van der Waals surface area contributed by atoms with Crippen molar-refractivity contribution in [1.29, 1.82) is 0 Å². The third-order valence-corrected chi connectivity index (χ3v) is 1.00. The van der Waals surface area contributed by atoms with E-state index in [9.17, 15) is 0 Å². The Bertz CT molecular complexity index is 84.2. The van der Waals surface area contributed by atoms with Crippen LogP contribution in [0.5, 0.6) is 0 Å². The molecule has 0 amide bonds. The highest BCUT2D eigenvalue weighted by Gasteiger charge is 2.08. The minimum atomic E-state index is 1.06. The highest BCUT2D eigenvalue weighted by Crippen LogP contribution is 2.18. The first kappa shape index (κ1) is 4.69. The normalized spacial score (nSPS) is 15.3. The van der Waals surface area contributed by atoms with E-state index in [0.29, 0.717) is 0 Å². The van der Waals surface area contributed by atoms with Crippen molar-refractivity contribution < 1.29 is 4.74 Å². The molecule has 1 nitrogen and oxygen atoms in total. The minimum absolute atomic E-state index is 1.06. The molecule has 0 aliphatic carbocycles. The quantitative estimate of drug-likeness (QED) is 0.523. The molecule has 0 bridgehead atoms. The number of unbranched alkanes of at least 4 members (excludes halogenated alkanes) is 1. The molecule has 0 aromatic rings. The van der Waals surface area contributed by atoms with Crippen LogP contribution in [0.1, 0.15) is 26.2 Å². The third kappa shape index (κ3) is 1.62. The van der Waals surface area contributed by atoms with Crippen molar-refractivity contribution in [2.24, 2.45) is 0 Å². The van der Waals surface area contributed by atoms with Crippen LogP contribution in [-0.4, -0.2) is 0 Å². The van der Waals surface area contributed by atoms with Crippen molar-refractivity contribution >= 4 is 0 Å². The summed E-state index contributed by atoms with van der Waals surface area (Å²) in [6, 6.07) is 0. The van der Waals surface area contributed by atoms with Gasteiger partial charge in [-0.25, -0.2) is 0 Å². The molecule has 0 saturated heterocycles. The first-order chi connectivity index (χ1) is 3.43. The summed E-state index contributed by atoms with van der Waals surface area (Å²) in [7, 11) is 0. The maximum atomic E-state index is 4.68. The van der Waals surface area contributed by atoms with E-state index in [2.05, 4.69) is 17.9 Å². The van der Waals surface area contributed by atoms with Crippen molar-refractivity contribution in [3.8, 4) is 0 Å². The zero-order chi connectivity index (χ0) is 5.11. The summed E-state index contributed by atoms with van der Waals surface area (Å²) in [5, 5.41) is 0. The van der Waals surface area contributed by atoms with Crippen LogP contribution in [-0.2, 0) is 4.74 Å². The van der Waals surface area contributed by atoms with Gasteiger partial charge in [0.1, 0.15) is 0 Å². The molecule has 0 fully saturated rings. The first-order valence-corrected chi connectivity index (χ1v) is 2.72. The Morgan fingerprint density at radius 2 is 2.43 bits per heavy atom. The zero-order valence-electron chi connectivity index (χ0n) is 4.53. The van der Waals surface area contributed by atoms with Crippen LogP contribution in [0.25, 0.3) is 0 Å². The van der Waals surface area contributed by atoms with E-state index in [1.807, 2.05) is 0 Å². The van der Waals surface area contributed by atoms with Crippen LogP contribution in [0.3, 0.4) is 0 Å². The van der Waals surface area contributed by atoms with Crippen LogP contribution < -0.4 is 0 Å². The van der Waals surface area contributed by atoms with Gasteiger partial charge in [-0.3, -0.25) is 0 Å². The van der Waals surface area contributed by atoms with Crippen molar-refractivity contribution in [1.82, 2.24) is 0 Å². The van der Waals surface area contributed by atoms with Gasteiger partial charge in [-0.15, -0.1) is 0 Å². The maximum Gasteiger partial charge on any atom is 0.211 e. The Hall–Kier alpha value is -0.460. The molecule has 1 heterocycles. The Balaban J connectivity index is 1.89. The molecule has 1 heteroatoms. The number of allylic oxidation sites excluding steroid dienone is 1. The van der Waals surface area contributed by atoms with E-state index in [4.69, 9.17) is 0 Å². The van der Waals surface area contributed by atoms with Gasteiger partial charge >= 0.3 is 0 Å². The van der Waals surface area contributed by atoms with Gasteiger partial charge in [-0.2, -0.15) is 0 Å². The molecule has 1 aliphatic heterocycles. The summed E-state index contributed by atoms with van der Waals surface area (Å²) in [6.07, 6.45) is 6.26. The minimum Gasteiger partial charge on any atom is -0.450 e. The average Bonchev–Trinajstić information content (AvgIpc) is 2.42. The van der Waals surface area contributed by atoms with Crippen LogP contribution in [0, 0.1) is 6.26 Å². The van der Waals surface area contributed by atoms with Crippen LogP contribution in [0.2, 0.25) is 0 Å². The van der Waals surface area contributed by atoms with E-state index in [1.165, 1.54) is 12.8 Å². The molecule has 1 radical (unpaired) electrons. The Morgan fingerprint density at radius 3 is 2.86 bits per heavy atom. The van der Waals surface area contributed by atoms with Gasteiger partial charge in [0.15, 0.2) is 5.76 Å². The second-order valence-electron chi connectivity index (χ2n) is 1.73. The van der Waals surface area contributed by atoms with E-state index in [0.717, 1.165) is 12.2 Å². The fourth-order valence-corrected chi connectivity index (χ4v) is 0.475. The molecule has 0 aromatic heterocycles. The van der Waals surface area contributed by atoms with Crippen molar-refractivity contribution in [3.05, 3.63) is 12.0 Å². The molecule has 0 unspecified atom stereocenters. The zero-order valence-corrected chi connectivity index (χ0v) is 4.53. The molecule has 0 spiro atoms. The number of ether oxygens (including phenoxy) is 1. The van der Waals surface area contributed by atoms with Gasteiger partial charge in [-0.05, 0) is 6.42 Å². The van der Waals surface area contributed by atoms with E-state index in [1.54, 1.807) is 0 Å². The second-order valence-corrected chi connectivity index (χ2v) is 1.73. The molecule has 0 N–H and O–H groups in total. The fraction of sp³-hybridized carbons (Fsp3) is 0.667. The molecule has 1 aliphatic rings. The summed E-state index contributed by atoms with van der Waals surface area (Å²) in [6.45, 7) is 2.17. The van der Waals surface area contributed by atoms with Crippen molar-refractivity contribution in [2.75, 3.05) is 0 Å². The predicted octanol–water partition coefficient (Wildman–Crippen LogP) is 1.85. The smallest absolute Gasteiger partial charge is 0.211 e. The Labute approximate surface area is 44.0 Å². The molecule has 0 saturated carbocycles. The monoisotopic (exact) mass is 97.1 g/mol. The Kier molecular flexibility index (Phi) is 1.35. The molecule has 39 valence electrons. The summed E-state index contributed by atoms with van der Waals surface area (Å²) >= 11 is 0. The van der Waals surface area contributed by atoms with Gasteiger partial charge < -0.3 is 4.74 Å². The van der Waals surface area contributed by atoms with Gasteiger partial charge in [0.2, 0.25) is 6.26 Å². The van der Waals surface area contributed by atoms with Crippen molar-refractivity contribution in [2.45, 2.75) is 26.2 Å². The number of hydrogen-bond acceptors (Lipinski definition) is 1. The standard InChI is InChI=1S/C6H9O/c1-2-3-4-6-5-7-6/h2-4H2,1H3. The molecule has 1 rings (SSSR count). The van der Waals surface area contributed by atoms with Crippen LogP contribution in [0.15, 0.2) is 5.76 Å². The summed E-state index contributed by atoms with van der Waals surface area (Å²) in [5.41, 5.74) is 0. The van der Waals surface area contributed by atoms with Gasteiger partial charge in [-0.1, -0.05) is 13.3 Å². The fourth-order valence-electron chi connectivity index (χ4n) is 0.475. The predicted molar refractivity (Wildman–Crippen MR) is 27.4 cm³/mol. The molecular weight excluding hydrogens is 88.1 g/mol. The number of hydrogen-bond donors (Lipinski definition) is 0. The number of rotatable bonds is 3. The van der Waals surface area contributed by atoms with Gasteiger partial charge in [0.05, 0.1) is 0 Å². The maximum absolute atomic E-state index is 4.68. The molecule has 0 atom stereocenters. The third-order valence-electron chi connectivity index (χ3n) is 1.00. The van der Waals surface area contributed by atoms with Crippen molar-refractivity contribution in [3.63, 3.8) is 0 Å². The largest absolute Gasteiger partial charge is 0.450 e. The highest BCUT2D eigenvalue weighted by molar-refractivity contribution is 4.94. The van der Waals surface area contributed by atoms with Gasteiger partial charge in [0.25, 0.3) is 0 Å². The second kappa shape index (κ2) is 2.01. The van der Waals surface area contributed by atoms with E-state index < -0.39 is 0 Å². The van der Waals surface area contributed by atoms with Crippen LogP contribution >= 0.6 is 0 Å². The first-order valence-electron chi connectivity index (χ1n) is 2.72. The van der Waals surface area contributed by atoms with Gasteiger partial charge in [0, 0.05) is 6.42 Å². The van der Waals surface area contributed by atoms with E-state index in [-0.39, 0.29) is 0 Å². The lowest BCUT2D eigenvalue weighted by atomic mass is 10.2. The lowest BCUT2D eigenvalue weighted by molar-refractivity contribution is 0.463. The molecule has 0 aromatic carbocycles. The SMILES string of the molecule is CCCCC1=[C]O1. The summed E-state index contributed by atoms with van der Waals surface area (Å²) in [5.74, 6) is 1.06. The highest BCUT2D eigenvalue weighted by atomic mass is 16.5. The lowest BCUT2D eigenvalue weighted by Gasteiger charge is -1.83. The Morgan fingerprint density at radius 1 is 1.71 bits per heavy atom. The molecular formula is C6H9O. The lowest BCUT2D eigenvalue weighted by Crippen LogP contribution is -1.67. The average molecular weight is 97.1 g/mol. The molecule has 7 heavy (non-hydrogen) atoms. The summed E-state index contributed by atoms with van der Waals surface area (Å²) < 4.78 is 4.68. The topological polar surface area (TPSA) is 12.5 Å². The van der Waals surface area contributed by atoms with Crippen LogP contribution in [0.4, 0.5) is 0 Å².